The molecule has 1 aromatic carbocycles. The first-order valence-electron chi connectivity index (χ1n) is 6.64. The molecule has 2 aromatic rings. The lowest BCUT2D eigenvalue weighted by molar-refractivity contribution is 0.102. The van der Waals surface area contributed by atoms with E-state index in [1.54, 1.807) is 24.4 Å². The lowest BCUT2D eigenvalue weighted by atomic mass is 10.1. The van der Waals surface area contributed by atoms with Crippen LogP contribution in [0.2, 0.25) is 0 Å². The molecule has 21 heavy (non-hydrogen) atoms. The van der Waals surface area contributed by atoms with E-state index in [-0.39, 0.29) is 5.91 Å². The van der Waals surface area contributed by atoms with Crippen LogP contribution in [0.3, 0.4) is 0 Å². The monoisotopic (exact) mass is 279 g/mol. The Bertz CT molecular complexity index is 726. The summed E-state index contributed by atoms with van der Waals surface area (Å²) >= 11 is 0. The van der Waals surface area contributed by atoms with Crippen molar-refractivity contribution in [2.24, 2.45) is 5.73 Å². The van der Waals surface area contributed by atoms with E-state index in [4.69, 9.17) is 5.73 Å². The van der Waals surface area contributed by atoms with Crippen LogP contribution in [0.5, 0.6) is 0 Å². The summed E-state index contributed by atoms with van der Waals surface area (Å²) in [6.45, 7) is 4.29. The van der Waals surface area contributed by atoms with Crippen LogP contribution < -0.4 is 11.1 Å². The van der Waals surface area contributed by atoms with Crippen molar-refractivity contribution in [1.82, 2.24) is 4.98 Å². The van der Waals surface area contributed by atoms with Crippen molar-refractivity contribution in [1.29, 1.82) is 0 Å². The first kappa shape index (κ1) is 14.8. The Hall–Kier alpha value is -2.64. The van der Waals surface area contributed by atoms with E-state index in [0.717, 1.165) is 16.7 Å². The first-order valence-corrected chi connectivity index (χ1v) is 6.64. The molecule has 0 unspecified atom stereocenters. The highest BCUT2D eigenvalue weighted by atomic mass is 16.1. The lowest BCUT2D eigenvalue weighted by Gasteiger charge is -2.07. The zero-order valence-electron chi connectivity index (χ0n) is 12.1. The minimum absolute atomic E-state index is 0.186. The third-order valence-electron chi connectivity index (χ3n) is 3.11. The van der Waals surface area contributed by atoms with Crippen LogP contribution >= 0.6 is 0 Å². The fourth-order valence-corrected chi connectivity index (χ4v) is 1.80. The summed E-state index contributed by atoms with van der Waals surface area (Å²) in [4.78, 5) is 16.3. The topological polar surface area (TPSA) is 68.0 Å². The number of pyridine rings is 1. The van der Waals surface area contributed by atoms with Gasteiger partial charge >= 0.3 is 0 Å². The molecule has 0 radical (unpaired) electrons. The summed E-state index contributed by atoms with van der Waals surface area (Å²) in [6, 6.07) is 9.09. The molecule has 0 fully saturated rings. The molecule has 3 N–H and O–H groups in total. The average Bonchev–Trinajstić information content (AvgIpc) is 2.48. The maximum Gasteiger partial charge on any atom is 0.256 e. The summed E-state index contributed by atoms with van der Waals surface area (Å²) in [5.41, 5.74) is 8.96. The van der Waals surface area contributed by atoms with Crippen LogP contribution in [0.1, 0.15) is 27.0 Å². The maximum atomic E-state index is 12.2. The van der Waals surface area contributed by atoms with E-state index < -0.39 is 0 Å². The number of hydrogen-bond donors (Lipinski definition) is 2. The number of amides is 1. The summed E-state index contributed by atoms with van der Waals surface area (Å²) in [5.74, 6) is 5.96. The third-order valence-corrected chi connectivity index (χ3v) is 3.11. The number of nitrogens with one attached hydrogen (secondary N) is 1. The fraction of sp³-hybridized carbons (Fsp3) is 0.176. The van der Waals surface area contributed by atoms with Gasteiger partial charge in [0.15, 0.2) is 0 Å². The van der Waals surface area contributed by atoms with Gasteiger partial charge in [-0.1, -0.05) is 17.9 Å². The van der Waals surface area contributed by atoms with E-state index in [9.17, 15) is 4.79 Å². The van der Waals surface area contributed by atoms with Gasteiger partial charge < -0.3 is 11.1 Å². The third kappa shape index (κ3) is 3.91. The van der Waals surface area contributed by atoms with Crippen LogP contribution in [0.15, 0.2) is 36.5 Å². The van der Waals surface area contributed by atoms with Gasteiger partial charge in [0.05, 0.1) is 6.54 Å². The molecule has 0 spiro atoms. The Morgan fingerprint density at radius 2 is 2.05 bits per heavy atom. The molecule has 0 aliphatic rings. The number of nitrogens with two attached hydrogens (primary N) is 1. The van der Waals surface area contributed by atoms with Gasteiger partial charge in [0, 0.05) is 17.3 Å². The summed E-state index contributed by atoms with van der Waals surface area (Å²) in [5, 5.41) is 2.77. The first-order chi connectivity index (χ1) is 10.1. The maximum absolute atomic E-state index is 12.2. The van der Waals surface area contributed by atoms with Gasteiger partial charge in [-0.05, 0) is 49.2 Å². The molecule has 4 heteroatoms. The highest BCUT2D eigenvalue weighted by Crippen LogP contribution is 2.12. The minimum atomic E-state index is -0.186. The molecule has 2 rings (SSSR count). The Labute approximate surface area is 124 Å². The molecular formula is C17H17N3O. The molecule has 0 aliphatic heterocycles. The lowest BCUT2D eigenvalue weighted by Crippen LogP contribution is -2.13. The number of anilines is 1. The average molecular weight is 279 g/mol. The fourth-order valence-electron chi connectivity index (χ4n) is 1.80. The SMILES string of the molecule is Cc1ccc(C(=O)Nc2cc(C#CCN)ccn2)cc1C. The van der Waals surface area contributed by atoms with Gasteiger partial charge in [-0.15, -0.1) is 0 Å². The number of aromatic nitrogens is 1. The van der Waals surface area contributed by atoms with Gasteiger partial charge in [-0.25, -0.2) is 4.98 Å². The van der Waals surface area contributed by atoms with Crippen molar-refractivity contribution in [2.45, 2.75) is 13.8 Å². The Morgan fingerprint density at radius 3 is 2.76 bits per heavy atom. The van der Waals surface area contributed by atoms with E-state index in [1.807, 2.05) is 26.0 Å². The number of carbonyl (C=O) groups excluding carboxylic acids is 1. The van der Waals surface area contributed by atoms with Crippen LogP contribution in [0.4, 0.5) is 5.82 Å². The predicted octanol–water partition coefficient (Wildman–Crippen LogP) is 2.26. The van der Waals surface area contributed by atoms with Crippen LogP contribution in [0, 0.1) is 25.7 Å². The van der Waals surface area contributed by atoms with Crippen molar-refractivity contribution in [2.75, 3.05) is 11.9 Å². The molecule has 1 aromatic heterocycles. The van der Waals surface area contributed by atoms with Crippen molar-refractivity contribution in [3.63, 3.8) is 0 Å². The zero-order valence-corrected chi connectivity index (χ0v) is 12.1. The second-order valence-corrected chi connectivity index (χ2v) is 4.69. The standard InChI is InChI=1S/C17H17N3O/c1-12-5-6-15(10-13(12)2)17(21)20-16-11-14(4-3-8-18)7-9-19-16/h5-7,9-11H,8,18H2,1-2H3,(H,19,20,21). The number of rotatable bonds is 2. The summed E-state index contributed by atoms with van der Waals surface area (Å²) in [6.07, 6.45) is 1.61. The zero-order chi connectivity index (χ0) is 15.2. The van der Waals surface area contributed by atoms with E-state index >= 15 is 0 Å². The van der Waals surface area contributed by atoms with Crippen molar-refractivity contribution in [3.8, 4) is 11.8 Å². The van der Waals surface area contributed by atoms with E-state index in [2.05, 4.69) is 22.1 Å². The molecule has 0 atom stereocenters. The molecule has 0 saturated carbocycles. The number of aryl methyl sites for hydroxylation is 2. The highest BCUT2D eigenvalue weighted by molar-refractivity contribution is 6.03. The van der Waals surface area contributed by atoms with Gasteiger partial charge in [-0.2, -0.15) is 0 Å². The molecule has 1 amide bonds. The summed E-state index contributed by atoms with van der Waals surface area (Å²) in [7, 11) is 0. The number of nitrogens with zero attached hydrogens (tertiary/aromatic N) is 1. The van der Waals surface area contributed by atoms with Crippen LogP contribution in [-0.4, -0.2) is 17.4 Å². The normalized spacial score (nSPS) is 9.67. The molecule has 0 bridgehead atoms. The Morgan fingerprint density at radius 1 is 1.24 bits per heavy atom. The number of hydrogen-bond acceptors (Lipinski definition) is 3. The van der Waals surface area contributed by atoms with Gasteiger partial charge in [-0.3, -0.25) is 4.79 Å². The molecule has 1 heterocycles. The van der Waals surface area contributed by atoms with Gasteiger partial charge in [0.1, 0.15) is 5.82 Å². The number of benzene rings is 1. The second kappa shape index (κ2) is 6.69. The number of carbonyl (C=O) groups is 1. The predicted molar refractivity (Wildman–Crippen MR) is 84.0 cm³/mol. The quantitative estimate of drug-likeness (QED) is 0.829. The smallest absolute Gasteiger partial charge is 0.256 e. The highest BCUT2D eigenvalue weighted by Gasteiger charge is 2.08. The molecule has 0 saturated heterocycles. The second-order valence-electron chi connectivity index (χ2n) is 4.69. The Kier molecular flexibility index (Phi) is 4.70. The van der Waals surface area contributed by atoms with Crippen molar-refractivity contribution in [3.05, 3.63) is 58.8 Å². The van der Waals surface area contributed by atoms with Crippen molar-refractivity contribution >= 4 is 11.7 Å². The van der Waals surface area contributed by atoms with Gasteiger partial charge in [0.2, 0.25) is 0 Å². The van der Waals surface area contributed by atoms with E-state index in [0.29, 0.717) is 17.9 Å². The molecule has 106 valence electrons. The molecular weight excluding hydrogens is 262 g/mol. The van der Waals surface area contributed by atoms with E-state index in [1.165, 1.54) is 0 Å². The molecule has 0 aliphatic carbocycles. The van der Waals surface area contributed by atoms with Crippen LogP contribution in [-0.2, 0) is 0 Å². The van der Waals surface area contributed by atoms with Gasteiger partial charge in [0.25, 0.3) is 5.91 Å². The van der Waals surface area contributed by atoms with Crippen molar-refractivity contribution < 1.29 is 4.79 Å². The van der Waals surface area contributed by atoms with Crippen LogP contribution in [0.25, 0.3) is 0 Å². The molecule has 4 nitrogen and oxygen atoms in total. The Balaban J connectivity index is 2.17. The minimum Gasteiger partial charge on any atom is -0.320 e. The largest absolute Gasteiger partial charge is 0.320 e. The summed E-state index contributed by atoms with van der Waals surface area (Å²) < 4.78 is 0.